The highest BCUT2D eigenvalue weighted by Gasteiger charge is 2.16. The molecule has 0 spiro atoms. The minimum Gasteiger partial charge on any atom is -0.444 e. The SMILES string of the molecule is COC(CNC(=O)c1cnc2ccc(Cl)cc2c1Cl)OC.Clc1ccc2ncc(-c3ncco3)c(Cl)c2c1. The number of fused-ring (bicyclic) bond motifs is 2. The standard InChI is InChI=1S/C14H14Cl2N2O3.C12H6Cl2N2O/c1-20-12(21-2)7-18-14(19)10-6-17-11-4-3-8(15)5-9(11)13(10)16;13-7-1-2-10-8(5-7)11(14)9(6-16-10)12-15-3-4-17-12/h3-6,12H,7H2,1-2H3,(H,18,19);1-6H. The Morgan fingerprint density at radius 2 is 1.50 bits per heavy atom. The fourth-order valence-electron chi connectivity index (χ4n) is 3.46. The van der Waals surface area contributed by atoms with Crippen LogP contribution in [0, 0.1) is 0 Å². The molecule has 0 fully saturated rings. The average molecular weight is 594 g/mol. The first-order valence-corrected chi connectivity index (χ1v) is 12.5. The van der Waals surface area contributed by atoms with E-state index in [0.717, 1.165) is 10.9 Å². The van der Waals surface area contributed by atoms with E-state index in [1.54, 1.807) is 42.7 Å². The lowest BCUT2D eigenvalue weighted by Gasteiger charge is -2.14. The van der Waals surface area contributed by atoms with Crippen molar-refractivity contribution in [3.8, 4) is 11.5 Å². The molecule has 3 aromatic heterocycles. The second kappa shape index (κ2) is 12.7. The van der Waals surface area contributed by atoms with Crippen LogP contribution in [0.15, 0.2) is 65.7 Å². The van der Waals surface area contributed by atoms with E-state index in [1.807, 2.05) is 6.07 Å². The predicted octanol–water partition coefficient (Wildman–Crippen LogP) is 7.09. The Morgan fingerprint density at radius 3 is 2.08 bits per heavy atom. The molecule has 12 heteroatoms. The van der Waals surface area contributed by atoms with E-state index in [4.69, 9.17) is 60.3 Å². The second-order valence-corrected chi connectivity index (χ2v) is 9.37. The Hall–Kier alpha value is -2.98. The molecule has 38 heavy (non-hydrogen) atoms. The summed E-state index contributed by atoms with van der Waals surface area (Å²) >= 11 is 24.5. The second-order valence-electron chi connectivity index (χ2n) is 7.74. The van der Waals surface area contributed by atoms with Crippen molar-refractivity contribution in [2.75, 3.05) is 20.8 Å². The maximum absolute atomic E-state index is 12.2. The number of pyridine rings is 2. The van der Waals surface area contributed by atoms with Gasteiger partial charge in [-0.15, -0.1) is 0 Å². The fourth-order valence-corrected chi connectivity index (χ4v) is 4.37. The first-order chi connectivity index (χ1) is 18.3. The lowest BCUT2D eigenvalue weighted by Crippen LogP contribution is -2.34. The molecule has 0 aliphatic rings. The van der Waals surface area contributed by atoms with Gasteiger partial charge in [-0.2, -0.15) is 0 Å². The van der Waals surface area contributed by atoms with Gasteiger partial charge in [0.2, 0.25) is 5.89 Å². The molecular weight excluding hydrogens is 574 g/mol. The summed E-state index contributed by atoms with van der Waals surface area (Å²) in [5, 5.41) is 6.09. The van der Waals surface area contributed by atoms with Gasteiger partial charge in [-0.25, -0.2) is 4.98 Å². The van der Waals surface area contributed by atoms with Crippen molar-refractivity contribution in [1.29, 1.82) is 0 Å². The van der Waals surface area contributed by atoms with E-state index in [-0.39, 0.29) is 18.0 Å². The van der Waals surface area contributed by atoms with Crippen LogP contribution in [0.1, 0.15) is 10.4 Å². The van der Waals surface area contributed by atoms with E-state index < -0.39 is 6.29 Å². The molecule has 0 aliphatic carbocycles. The number of amides is 1. The van der Waals surface area contributed by atoms with Crippen LogP contribution in [-0.4, -0.2) is 47.9 Å². The highest BCUT2D eigenvalue weighted by atomic mass is 35.5. The van der Waals surface area contributed by atoms with Crippen LogP contribution in [0.3, 0.4) is 0 Å². The largest absolute Gasteiger partial charge is 0.444 e. The molecule has 3 heterocycles. The molecule has 0 bridgehead atoms. The number of halogens is 4. The number of oxazole rings is 1. The monoisotopic (exact) mass is 592 g/mol. The van der Waals surface area contributed by atoms with Crippen molar-refractivity contribution >= 4 is 74.1 Å². The Bertz CT molecular complexity index is 1580. The third-order valence-electron chi connectivity index (χ3n) is 5.39. The molecule has 1 amide bonds. The third-order valence-corrected chi connectivity index (χ3v) is 6.68. The number of rotatable bonds is 6. The molecule has 8 nitrogen and oxygen atoms in total. The maximum Gasteiger partial charge on any atom is 0.254 e. The number of nitrogens with one attached hydrogen (secondary N) is 1. The van der Waals surface area contributed by atoms with Gasteiger partial charge in [0.25, 0.3) is 5.91 Å². The normalized spacial score (nSPS) is 11.0. The van der Waals surface area contributed by atoms with E-state index in [9.17, 15) is 4.79 Å². The molecule has 0 radical (unpaired) electrons. The van der Waals surface area contributed by atoms with Crippen molar-refractivity contribution in [2.45, 2.75) is 6.29 Å². The lowest BCUT2D eigenvalue weighted by atomic mass is 10.1. The number of carbonyl (C=O) groups is 1. The maximum atomic E-state index is 12.2. The summed E-state index contributed by atoms with van der Waals surface area (Å²) in [6.07, 6.45) is 5.62. The molecule has 0 saturated heterocycles. The summed E-state index contributed by atoms with van der Waals surface area (Å²) in [6.45, 7) is 0.204. The van der Waals surface area contributed by atoms with Crippen molar-refractivity contribution in [1.82, 2.24) is 20.3 Å². The fraction of sp³-hybridized carbons (Fsp3) is 0.154. The summed E-state index contributed by atoms with van der Waals surface area (Å²) < 4.78 is 15.2. The molecule has 1 N–H and O–H groups in total. The highest BCUT2D eigenvalue weighted by Crippen LogP contribution is 2.33. The number of nitrogens with zero attached hydrogens (tertiary/aromatic N) is 3. The summed E-state index contributed by atoms with van der Waals surface area (Å²) in [4.78, 5) is 24.7. The molecule has 5 aromatic rings. The molecule has 5 rings (SSSR count). The Labute approximate surface area is 237 Å². The Morgan fingerprint density at radius 1 is 0.895 bits per heavy atom. The summed E-state index contributed by atoms with van der Waals surface area (Å²) in [5.74, 6) is 0.0952. The van der Waals surface area contributed by atoms with Crippen LogP contribution in [0.25, 0.3) is 33.3 Å². The Kier molecular flexibility index (Phi) is 9.38. The number of aromatic nitrogens is 3. The van der Waals surface area contributed by atoms with Crippen LogP contribution in [-0.2, 0) is 9.47 Å². The van der Waals surface area contributed by atoms with E-state index >= 15 is 0 Å². The number of hydrogen-bond donors (Lipinski definition) is 1. The Balaban J connectivity index is 0.000000180. The topological polar surface area (TPSA) is 99.4 Å². The molecule has 0 atom stereocenters. The van der Waals surface area contributed by atoms with Gasteiger partial charge >= 0.3 is 0 Å². The number of hydrogen-bond acceptors (Lipinski definition) is 7. The first-order valence-electron chi connectivity index (χ1n) is 11.0. The van der Waals surface area contributed by atoms with E-state index in [0.29, 0.717) is 42.4 Å². The summed E-state index contributed by atoms with van der Waals surface area (Å²) in [7, 11) is 2.99. The molecule has 0 aliphatic heterocycles. The predicted molar refractivity (Wildman–Crippen MR) is 149 cm³/mol. The van der Waals surface area contributed by atoms with Crippen LogP contribution < -0.4 is 5.32 Å². The zero-order valence-electron chi connectivity index (χ0n) is 20.0. The molecule has 0 saturated carbocycles. The van der Waals surface area contributed by atoms with Gasteiger partial charge in [0, 0.05) is 47.4 Å². The van der Waals surface area contributed by atoms with Crippen molar-refractivity contribution in [3.63, 3.8) is 0 Å². The van der Waals surface area contributed by atoms with Gasteiger partial charge in [0.15, 0.2) is 6.29 Å². The molecule has 196 valence electrons. The van der Waals surface area contributed by atoms with Crippen LogP contribution >= 0.6 is 46.4 Å². The van der Waals surface area contributed by atoms with Crippen molar-refractivity contribution in [3.05, 3.63) is 86.9 Å². The van der Waals surface area contributed by atoms with E-state index in [2.05, 4.69) is 20.3 Å². The minimum absolute atomic E-state index is 0.204. The summed E-state index contributed by atoms with van der Waals surface area (Å²) in [6, 6.07) is 10.5. The number of ether oxygens (including phenoxy) is 2. The molecular formula is C26H20Cl4N4O4. The quantitative estimate of drug-likeness (QED) is 0.210. The van der Waals surface area contributed by atoms with Gasteiger partial charge in [-0.05, 0) is 36.4 Å². The van der Waals surface area contributed by atoms with Crippen LogP contribution in [0.5, 0.6) is 0 Å². The third kappa shape index (κ3) is 6.35. The highest BCUT2D eigenvalue weighted by molar-refractivity contribution is 6.39. The minimum atomic E-state index is -0.518. The number of carbonyl (C=O) groups excluding carboxylic acids is 1. The zero-order chi connectivity index (χ0) is 27.2. The van der Waals surface area contributed by atoms with Gasteiger partial charge < -0.3 is 19.2 Å². The summed E-state index contributed by atoms with van der Waals surface area (Å²) in [5.41, 5.74) is 2.39. The van der Waals surface area contributed by atoms with E-state index in [1.165, 1.54) is 26.7 Å². The van der Waals surface area contributed by atoms with Crippen molar-refractivity contribution in [2.24, 2.45) is 0 Å². The van der Waals surface area contributed by atoms with Gasteiger partial charge in [-0.3, -0.25) is 14.8 Å². The van der Waals surface area contributed by atoms with Crippen LogP contribution in [0.2, 0.25) is 20.1 Å². The smallest absolute Gasteiger partial charge is 0.254 e. The average Bonchev–Trinajstić information content (AvgIpc) is 3.45. The van der Waals surface area contributed by atoms with Gasteiger partial charge in [0.1, 0.15) is 6.26 Å². The van der Waals surface area contributed by atoms with Crippen LogP contribution in [0.4, 0.5) is 0 Å². The van der Waals surface area contributed by atoms with Gasteiger partial charge in [0.05, 0.1) is 44.9 Å². The lowest BCUT2D eigenvalue weighted by molar-refractivity contribution is -0.0974. The zero-order valence-corrected chi connectivity index (χ0v) is 23.1. The molecule has 0 unspecified atom stereocenters. The molecule has 2 aromatic carbocycles. The number of benzene rings is 2. The number of methoxy groups -OCH3 is 2. The van der Waals surface area contributed by atoms with Gasteiger partial charge in [-0.1, -0.05) is 46.4 Å². The first kappa shape index (κ1) is 28.0. The van der Waals surface area contributed by atoms with Crippen molar-refractivity contribution < 1.29 is 18.7 Å².